The van der Waals surface area contributed by atoms with E-state index in [1.807, 2.05) is 0 Å². The van der Waals surface area contributed by atoms with Crippen molar-refractivity contribution < 1.29 is 9.90 Å². The van der Waals surface area contributed by atoms with E-state index in [-0.39, 0.29) is 5.01 Å². The monoisotopic (exact) mass is 129 g/mol. The molecule has 0 spiro atoms. The predicted molar refractivity (Wildman–Crippen MR) is 25.7 cm³/mol. The summed E-state index contributed by atoms with van der Waals surface area (Å²) in [4.78, 5) is 9.95. The van der Waals surface area contributed by atoms with E-state index in [0.717, 1.165) is 11.3 Å². The fourth-order valence-electron chi connectivity index (χ4n) is 0.236. The summed E-state index contributed by atoms with van der Waals surface area (Å²) >= 11 is 0.884. The van der Waals surface area contributed by atoms with Crippen molar-refractivity contribution in [3.8, 4) is 0 Å². The van der Waals surface area contributed by atoms with Crippen LogP contribution in [0.3, 0.4) is 0 Å². The fourth-order valence-corrected chi connectivity index (χ4v) is 0.573. The van der Waals surface area contributed by atoms with Crippen LogP contribution >= 0.6 is 11.3 Å². The van der Waals surface area contributed by atoms with Gasteiger partial charge < -0.3 is 5.11 Å². The molecule has 4 nitrogen and oxygen atoms in total. The molecule has 1 N–H and O–H groups in total. The molecule has 1 radical (unpaired) electrons. The Morgan fingerprint density at radius 2 is 2.62 bits per heavy atom. The predicted octanol–water partition coefficient (Wildman–Crippen LogP) is 0.0365. The summed E-state index contributed by atoms with van der Waals surface area (Å²) in [5.41, 5.74) is 2.31. The Morgan fingerprint density at radius 1 is 1.88 bits per heavy atom. The molecule has 0 aliphatic carbocycles. The second kappa shape index (κ2) is 1.87. The number of carboxylic acids is 1. The quantitative estimate of drug-likeness (QED) is 0.581. The Morgan fingerprint density at radius 3 is 2.88 bits per heavy atom. The van der Waals surface area contributed by atoms with E-state index in [1.165, 1.54) is 0 Å². The van der Waals surface area contributed by atoms with Gasteiger partial charge in [-0.3, -0.25) is 0 Å². The molecule has 1 aromatic rings. The largest absolute Gasteiger partial charge is 0.476 e. The highest BCUT2D eigenvalue weighted by Crippen LogP contribution is 1.97. The number of carbonyl (C=O) groups is 1. The SMILES string of the molecule is O=C(O)c1nn[c]s1. The first-order valence-electron chi connectivity index (χ1n) is 1.73. The van der Waals surface area contributed by atoms with Gasteiger partial charge in [0.1, 0.15) is 0 Å². The van der Waals surface area contributed by atoms with E-state index >= 15 is 0 Å². The molecule has 0 saturated carbocycles. The maximum absolute atomic E-state index is 9.95. The number of carboxylic acid groups (broad SMARTS) is 1. The highest BCUT2D eigenvalue weighted by Gasteiger charge is 2.03. The zero-order chi connectivity index (χ0) is 5.98. The second-order valence-corrected chi connectivity index (χ2v) is 1.78. The van der Waals surface area contributed by atoms with E-state index in [4.69, 9.17) is 5.11 Å². The number of rotatable bonds is 1. The van der Waals surface area contributed by atoms with Crippen molar-refractivity contribution in [3.63, 3.8) is 0 Å². The van der Waals surface area contributed by atoms with Crippen LogP contribution in [0.4, 0.5) is 0 Å². The van der Waals surface area contributed by atoms with E-state index < -0.39 is 5.97 Å². The molecule has 41 valence electrons. The summed E-state index contributed by atoms with van der Waals surface area (Å²) < 4.78 is 0. The molecule has 0 unspecified atom stereocenters. The average Bonchev–Trinajstić information content (AvgIpc) is 2.12. The zero-order valence-electron chi connectivity index (χ0n) is 3.66. The topological polar surface area (TPSA) is 63.1 Å². The van der Waals surface area contributed by atoms with Crippen LogP contribution in [0.5, 0.6) is 0 Å². The van der Waals surface area contributed by atoms with Crippen molar-refractivity contribution in [3.05, 3.63) is 10.5 Å². The number of aromatic carboxylic acids is 1. The summed E-state index contributed by atoms with van der Waals surface area (Å²) in [6.07, 6.45) is 0. The Balaban J connectivity index is 2.93. The third-order valence-electron chi connectivity index (χ3n) is 0.507. The molecule has 0 saturated heterocycles. The summed E-state index contributed by atoms with van der Waals surface area (Å²) in [7, 11) is 0. The molecule has 8 heavy (non-hydrogen) atoms. The zero-order valence-corrected chi connectivity index (χ0v) is 4.47. The van der Waals surface area contributed by atoms with Crippen molar-refractivity contribution in [1.29, 1.82) is 0 Å². The summed E-state index contributed by atoms with van der Waals surface area (Å²) in [6.45, 7) is 0. The minimum Gasteiger partial charge on any atom is -0.476 e. The summed E-state index contributed by atoms with van der Waals surface area (Å²) in [5, 5.41) is 14.6. The minimum absolute atomic E-state index is 0.0231. The molecule has 0 atom stereocenters. The molecule has 1 aromatic heterocycles. The highest BCUT2D eigenvalue weighted by molar-refractivity contribution is 7.10. The summed E-state index contributed by atoms with van der Waals surface area (Å²) in [5.74, 6) is -1.05. The van der Waals surface area contributed by atoms with Crippen LogP contribution in [0, 0.1) is 5.51 Å². The first-order chi connectivity index (χ1) is 3.80. The third kappa shape index (κ3) is 0.812. The standard InChI is InChI=1S/C3HN2O2S/c6-3(7)2-5-4-1-8-2/h(H,6,7). The minimum atomic E-state index is -1.05. The van der Waals surface area contributed by atoms with Gasteiger partial charge in [0.15, 0.2) is 5.51 Å². The summed E-state index contributed by atoms with van der Waals surface area (Å²) in [6, 6.07) is 0. The van der Waals surface area contributed by atoms with Gasteiger partial charge in [-0.2, -0.15) is 0 Å². The van der Waals surface area contributed by atoms with Gasteiger partial charge in [0.2, 0.25) is 5.01 Å². The van der Waals surface area contributed by atoms with Crippen LogP contribution in [0.25, 0.3) is 0 Å². The van der Waals surface area contributed by atoms with Crippen molar-refractivity contribution in [2.75, 3.05) is 0 Å². The van der Waals surface area contributed by atoms with Crippen molar-refractivity contribution in [1.82, 2.24) is 10.2 Å². The Hall–Kier alpha value is -0.970. The molecular formula is C3HN2O2S. The number of hydrogen-bond acceptors (Lipinski definition) is 4. The van der Waals surface area contributed by atoms with Gasteiger partial charge >= 0.3 is 5.97 Å². The molecular weight excluding hydrogens is 128 g/mol. The molecule has 1 rings (SSSR count). The number of nitrogens with zero attached hydrogens (tertiary/aromatic N) is 2. The number of aromatic nitrogens is 2. The molecule has 0 amide bonds. The molecule has 0 aromatic carbocycles. The third-order valence-corrected chi connectivity index (χ3v) is 1.13. The molecule has 0 bridgehead atoms. The maximum Gasteiger partial charge on any atom is 0.367 e. The Kier molecular flexibility index (Phi) is 1.21. The smallest absolute Gasteiger partial charge is 0.367 e. The van der Waals surface area contributed by atoms with Crippen molar-refractivity contribution in [2.24, 2.45) is 0 Å². The maximum atomic E-state index is 9.95. The van der Waals surface area contributed by atoms with Crippen LogP contribution < -0.4 is 0 Å². The van der Waals surface area contributed by atoms with Crippen molar-refractivity contribution >= 4 is 17.3 Å². The molecule has 1 heterocycles. The lowest BCUT2D eigenvalue weighted by atomic mass is 10.7. The Labute approximate surface area is 48.8 Å². The van der Waals surface area contributed by atoms with Gasteiger partial charge in [-0.15, -0.1) is 10.2 Å². The average molecular weight is 129 g/mol. The molecule has 5 heteroatoms. The first-order valence-corrected chi connectivity index (χ1v) is 2.55. The van der Waals surface area contributed by atoms with E-state index in [0.29, 0.717) is 0 Å². The van der Waals surface area contributed by atoms with Crippen LogP contribution in [0.15, 0.2) is 0 Å². The lowest BCUT2D eigenvalue weighted by Gasteiger charge is -1.75. The molecule has 0 fully saturated rings. The van der Waals surface area contributed by atoms with E-state index in [9.17, 15) is 4.79 Å². The fraction of sp³-hybridized carbons (Fsp3) is 0. The van der Waals surface area contributed by atoms with Crippen LogP contribution in [0.1, 0.15) is 9.80 Å². The van der Waals surface area contributed by atoms with Gasteiger partial charge in [-0.1, -0.05) is 11.3 Å². The van der Waals surface area contributed by atoms with Gasteiger partial charge in [-0.25, -0.2) is 4.79 Å². The van der Waals surface area contributed by atoms with E-state index in [1.54, 1.807) is 0 Å². The van der Waals surface area contributed by atoms with Gasteiger partial charge in [0, 0.05) is 0 Å². The number of hydrogen-bond donors (Lipinski definition) is 1. The van der Waals surface area contributed by atoms with E-state index in [2.05, 4.69) is 15.7 Å². The van der Waals surface area contributed by atoms with Crippen LogP contribution in [-0.4, -0.2) is 21.3 Å². The van der Waals surface area contributed by atoms with Crippen LogP contribution in [0.2, 0.25) is 0 Å². The molecule has 0 aliphatic heterocycles. The highest BCUT2D eigenvalue weighted by atomic mass is 32.1. The van der Waals surface area contributed by atoms with Gasteiger partial charge in [0.05, 0.1) is 0 Å². The lowest BCUT2D eigenvalue weighted by Crippen LogP contribution is -1.93. The normalized spacial score (nSPS) is 9.00. The lowest BCUT2D eigenvalue weighted by molar-refractivity contribution is 0.0695. The Bertz CT molecular complexity index is 183. The molecule has 0 aliphatic rings. The first kappa shape index (κ1) is 5.17. The van der Waals surface area contributed by atoms with Gasteiger partial charge in [0.25, 0.3) is 0 Å². The van der Waals surface area contributed by atoms with Crippen molar-refractivity contribution in [2.45, 2.75) is 0 Å². The second-order valence-electron chi connectivity index (χ2n) is 1.00. The van der Waals surface area contributed by atoms with Gasteiger partial charge in [-0.05, 0) is 0 Å². The van der Waals surface area contributed by atoms with Crippen LogP contribution in [-0.2, 0) is 0 Å².